The Bertz CT molecular complexity index is 593. The van der Waals surface area contributed by atoms with Crippen molar-refractivity contribution in [3.8, 4) is 11.5 Å². The molecule has 0 amide bonds. The predicted octanol–water partition coefficient (Wildman–Crippen LogP) is 3.01. The number of hydroxylamine groups is 1. The van der Waals surface area contributed by atoms with Crippen molar-refractivity contribution < 1.29 is 9.57 Å². The summed E-state index contributed by atoms with van der Waals surface area (Å²) < 4.78 is 5.23. The van der Waals surface area contributed by atoms with Crippen LogP contribution < -0.4 is 15.1 Å². The SMILES string of the molecule is C1=Cc2ccccc2ON1.C1=NCOc2ccccc21. The average Bonchev–Trinajstić information content (AvgIpc) is 2.56. The van der Waals surface area contributed by atoms with Gasteiger partial charge < -0.3 is 9.57 Å². The van der Waals surface area contributed by atoms with Gasteiger partial charge in [-0.3, -0.25) is 4.99 Å². The van der Waals surface area contributed by atoms with Crippen molar-refractivity contribution in [3.05, 3.63) is 65.9 Å². The molecule has 2 aromatic rings. The molecule has 0 spiro atoms. The first-order chi connectivity index (χ1) is 9.93. The minimum absolute atomic E-state index is 0.455. The summed E-state index contributed by atoms with van der Waals surface area (Å²) >= 11 is 0. The van der Waals surface area contributed by atoms with Crippen molar-refractivity contribution in [2.24, 2.45) is 4.99 Å². The summed E-state index contributed by atoms with van der Waals surface area (Å²) in [6, 6.07) is 15.7. The van der Waals surface area contributed by atoms with Gasteiger partial charge in [0.15, 0.2) is 12.5 Å². The van der Waals surface area contributed by atoms with Crippen molar-refractivity contribution >= 4 is 12.3 Å². The first-order valence-electron chi connectivity index (χ1n) is 6.33. The first-order valence-corrected chi connectivity index (χ1v) is 6.33. The van der Waals surface area contributed by atoms with Gasteiger partial charge >= 0.3 is 0 Å². The van der Waals surface area contributed by atoms with E-state index in [9.17, 15) is 0 Å². The molecule has 2 aliphatic rings. The molecule has 0 saturated carbocycles. The Kier molecular flexibility index (Phi) is 3.64. The van der Waals surface area contributed by atoms with Crippen LogP contribution in [0.3, 0.4) is 0 Å². The monoisotopic (exact) mass is 266 g/mol. The van der Waals surface area contributed by atoms with E-state index in [2.05, 4.69) is 10.5 Å². The van der Waals surface area contributed by atoms with E-state index in [1.165, 1.54) is 0 Å². The highest BCUT2D eigenvalue weighted by molar-refractivity contribution is 5.84. The molecular weight excluding hydrogens is 252 g/mol. The Balaban J connectivity index is 0.000000121. The predicted molar refractivity (Wildman–Crippen MR) is 78.8 cm³/mol. The normalized spacial score (nSPS) is 13.6. The molecule has 0 aromatic heterocycles. The Hall–Kier alpha value is -2.75. The van der Waals surface area contributed by atoms with Crippen LogP contribution in [-0.2, 0) is 0 Å². The summed E-state index contributed by atoms with van der Waals surface area (Å²) in [5.74, 6) is 1.81. The lowest BCUT2D eigenvalue weighted by atomic mass is 10.2. The number of hydrogen-bond donors (Lipinski definition) is 1. The molecular formula is C16H14N2O2. The zero-order valence-corrected chi connectivity index (χ0v) is 10.8. The Labute approximate surface area is 117 Å². The standard InChI is InChI=1S/2C8H7NO/c1-2-4-8-7(3-1)5-9-6-10-8;1-2-4-8-7(3-1)5-6-9-10-8/h1-5H,6H2;1-6,9H. The molecule has 0 atom stereocenters. The topological polar surface area (TPSA) is 42.8 Å². The summed E-state index contributed by atoms with van der Waals surface area (Å²) in [5.41, 5.74) is 4.84. The first kappa shape index (κ1) is 12.3. The fourth-order valence-corrected chi connectivity index (χ4v) is 1.89. The van der Waals surface area contributed by atoms with Crippen LogP contribution in [-0.4, -0.2) is 12.9 Å². The Morgan fingerprint density at radius 2 is 1.65 bits per heavy atom. The molecule has 20 heavy (non-hydrogen) atoms. The molecule has 1 N–H and O–H groups in total. The van der Waals surface area contributed by atoms with Gasteiger partial charge in [-0.1, -0.05) is 30.3 Å². The highest BCUT2D eigenvalue weighted by Crippen LogP contribution is 2.20. The van der Waals surface area contributed by atoms with Crippen molar-refractivity contribution in [2.45, 2.75) is 0 Å². The van der Waals surface area contributed by atoms with Crippen molar-refractivity contribution in [2.75, 3.05) is 6.73 Å². The average molecular weight is 266 g/mol. The maximum absolute atomic E-state index is 5.23. The number of rotatable bonds is 0. The lowest BCUT2D eigenvalue weighted by Crippen LogP contribution is -2.13. The molecule has 2 aromatic carbocycles. The number of fused-ring (bicyclic) bond motifs is 2. The van der Waals surface area contributed by atoms with E-state index in [1.807, 2.05) is 60.8 Å². The number of aliphatic imine (C=N–C) groups is 1. The van der Waals surface area contributed by atoms with E-state index in [4.69, 9.17) is 9.57 Å². The summed E-state index contributed by atoms with van der Waals surface area (Å²) in [4.78, 5) is 9.06. The van der Waals surface area contributed by atoms with Gasteiger partial charge in [0, 0.05) is 23.5 Å². The van der Waals surface area contributed by atoms with Crippen LogP contribution in [0.5, 0.6) is 11.5 Å². The van der Waals surface area contributed by atoms with Gasteiger partial charge in [0.25, 0.3) is 0 Å². The van der Waals surface area contributed by atoms with Crippen LogP contribution in [0.2, 0.25) is 0 Å². The molecule has 0 bridgehead atoms. The van der Waals surface area contributed by atoms with E-state index in [-0.39, 0.29) is 0 Å². The maximum Gasteiger partial charge on any atom is 0.179 e. The second-order valence-electron chi connectivity index (χ2n) is 4.21. The molecule has 0 saturated heterocycles. The van der Waals surface area contributed by atoms with Gasteiger partial charge in [0.05, 0.1) is 0 Å². The van der Waals surface area contributed by atoms with Crippen molar-refractivity contribution in [3.63, 3.8) is 0 Å². The number of nitrogens with one attached hydrogen (secondary N) is 1. The smallest absolute Gasteiger partial charge is 0.179 e. The fraction of sp³-hybridized carbons (Fsp3) is 0.0625. The third-order valence-electron chi connectivity index (χ3n) is 2.86. The second-order valence-corrected chi connectivity index (χ2v) is 4.21. The van der Waals surface area contributed by atoms with E-state index in [0.29, 0.717) is 6.73 Å². The third kappa shape index (κ3) is 2.80. The lowest BCUT2D eigenvalue weighted by Gasteiger charge is -2.11. The van der Waals surface area contributed by atoms with Crippen LogP contribution in [0.4, 0.5) is 0 Å². The largest absolute Gasteiger partial charge is 0.471 e. The number of ether oxygens (including phenoxy) is 1. The van der Waals surface area contributed by atoms with Gasteiger partial charge in [-0.15, -0.1) is 0 Å². The molecule has 4 rings (SSSR count). The summed E-state index contributed by atoms with van der Waals surface area (Å²) in [6.07, 6.45) is 5.57. The lowest BCUT2D eigenvalue weighted by molar-refractivity contribution is 0.239. The van der Waals surface area contributed by atoms with Crippen LogP contribution in [0.15, 0.2) is 59.7 Å². The van der Waals surface area contributed by atoms with E-state index >= 15 is 0 Å². The van der Waals surface area contributed by atoms with Crippen LogP contribution in [0, 0.1) is 0 Å². The highest BCUT2D eigenvalue weighted by atomic mass is 16.6. The molecule has 0 fully saturated rings. The summed E-state index contributed by atoms with van der Waals surface area (Å²) in [7, 11) is 0. The number of nitrogens with zero attached hydrogens (tertiary/aromatic N) is 1. The van der Waals surface area contributed by atoms with Crippen molar-refractivity contribution in [1.82, 2.24) is 5.48 Å². The summed E-state index contributed by atoms with van der Waals surface area (Å²) in [6.45, 7) is 0.455. The van der Waals surface area contributed by atoms with Gasteiger partial charge in [-0.05, 0) is 24.3 Å². The molecule has 2 aliphatic heterocycles. The highest BCUT2D eigenvalue weighted by Gasteiger charge is 2.02. The van der Waals surface area contributed by atoms with Crippen LogP contribution >= 0.6 is 0 Å². The molecule has 0 unspecified atom stereocenters. The van der Waals surface area contributed by atoms with Gasteiger partial charge in [0.1, 0.15) is 5.75 Å². The summed E-state index contributed by atoms with van der Waals surface area (Å²) in [5, 5.41) is 0. The maximum atomic E-state index is 5.23. The van der Waals surface area contributed by atoms with E-state index in [0.717, 1.165) is 22.6 Å². The van der Waals surface area contributed by atoms with Gasteiger partial charge in [0.2, 0.25) is 0 Å². The minimum atomic E-state index is 0.455. The van der Waals surface area contributed by atoms with E-state index < -0.39 is 0 Å². The van der Waals surface area contributed by atoms with Crippen LogP contribution in [0.1, 0.15) is 11.1 Å². The Morgan fingerprint density at radius 3 is 2.45 bits per heavy atom. The molecule has 2 heterocycles. The third-order valence-corrected chi connectivity index (χ3v) is 2.86. The number of para-hydroxylation sites is 2. The van der Waals surface area contributed by atoms with Crippen LogP contribution in [0.25, 0.3) is 6.08 Å². The fourth-order valence-electron chi connectivity index (χ4n) is 1.89. The van der Waals surface area contributed by atoms with Gasteiger partial charge in [-0.2, -0.15) is 0 Å². The zero-order chi connectivity index (χ0) is 13.6. The quantitative estimate of drug-likeness (QED) is 0.797. The molecule has 4 heteroatoms. The van der Waals surface area contributed by atoms with Gasteiger partial charge in [-0.25, -0.2) is 5.48 Å². The number of benzene rings is 2. The number of hydrogen-bond acceptors (Lipinski definition) is 4. The minimum Gasteiger partial charge on any atom is -0.471 e. The Morgan fingerprint density at radius 1 is 0.900 bits per heavy atom. The molecule has 0 radical (unpaired) electrons. The molecule has 100 valence electrons. The molecule has 4 nitrogen and oxygen atoms in total. The second kappa shape index (κ2) is 5.93. The molecule has 0 aliphatic carbocycles. The van der Waals surface area contributed by atoms with Crippen molar-refractivity contribution in [1.29, 1.82) is 0 Å². The van der Waals surface area contributed by atoms with E-state index in [1.54, 1.807) is 6.20 Å². The zero-order valence-electron chi connectivity index (χ0n) is 10.8.